The molecule has 0 radical (unpaired) electrons. The van der Waals surface area contributed by atoms with E-state index in [0.29, 0.717) is 31.0 Å². The van der Waals surface area contributed by atoms with Gasteiger partial charge in [0, 0.05) is 37.6 Å². The first kappa shape index (κ1) is 19.8. The number of sulfonamides is 1. The van der Waals surface area contributed by atoms with Crippen LogP contribution >= 0.6 is 11.6 Å². The Balaban J connectivity index is 1.55. The second-order valence-corrected chi connectivity index (χ2v) is 8.74. The highest BCUT2D eigenvalue weighted by Gasteiger charge is 2.30. The minimum Gasteiger partial charge on any atom is -0.340 e. The number of amides is 1. The minimum absolute atomic E-state index is 0.00671. The molecule has 0 N–H and O–H groups in total. The van der Waals surface area contributed by atoms with Gasteiger partial charge < -0.3 is 4.90 Å². The molecule has 1 saturated heterocycles. The smallest absolute Gasteiger partial charge is 0.243 e. The molecule has 0 unspecified atom stereocenters. The molecule has 8 heteroatoms. The number of carbonyl (C=O) groups excluding carboxylic acids is 1. The predicted octanol–water partition coefficient (Wildman–Crippen LogP) is 2.94. The molecule has 1 fully saturated rings. The Morgan fingerprint density at radius 2 is 1.70 bits per heavy atom. The van der Waals surface area contributed by atoms with Gasteiger partial charge in [-0.05, 0) is 42.3 Å². The number of hydrogen-bond donors (Lipinski definition) is 0. The summed E-state index contributed by atoms with van der Waals surface area (Å²) in [6.45, 7) is 1.05. The fraction of sp³-hybridized carbons (Fsp3) is 0.316. The summed E-state index contributed by atoms with van der Waals surface area (Å²) in [7, 11) is -3.75. The molecule has 0 saturated carbocycles. The third kappa shape index (κ3) is 4.86. The molecule has 0 atom stereocenters. The lowest BCUT2D eigenvalue weighted by Gasteiger charge is -2.34. The van der Waals surface area contributed by atoms with Gasteiger partial charge in [-0.1, -0.05) is 29.8 Å². The second kappa shape index (κ2) is 8.37. The van der Waals surface area contributed by atoms with Gasteiger partial charge in [0.15, 0.2) is 0 Å². The van der Waals surface area contributed by atoms with E-state index < -0.39 is 15.8 Å². The highest BCUT2D eigenvalue weighted by molar-refractivity contribution is 7.89. The van der Waals surface area contributed by atoms with Crippen LogP contribution in [0.1, 0.15) is 12.0 Å². The van der Waals surface area contributed by atoms with Gasteiger partial charge in [-0.25, -0.2) is 12.8 Å². The highest BCUT2D eigenvalue weighted by atomic mass is 35.5. The van der Waals surface area contributed by atoms with E-state index in [2.05, 4.69) is 0 Å². The largest absolute Gasteiger partial charge is 0.340 e. The van der Waals surface area contributed by atoms with Crippen molar-refractivity contribution in [2.75, 3.05) is 26.2 Å². The molecule has 0 bridgehead atoms. The van der Waals surface area contributed by atoms with Crippen molar-refractivity contribution in [2.45, 2.75) is 17.7 Å². The van der Waals surface area contributed by atoms with Crippen molar-refractivity contribution in [3.05, 3.63) is 64.9 Å². The van der Waals surface area contributed by atoms with Gasteiger partial charge in [0.1, 0.15) is 5.82 Å². The normalized spacial score (nSPS) is 15.7. The Hall–Kier alpha value is -1.96. The van der Waals surface area contributed by atoms with E-state index in [-0.39, 0.29) is 23.9 Å². The van der Waals surface area contributed by atoms with E-state index in [1.165, 1.54) is 22.5 Å². The fourth-order valence-electron chi connectivity index (χ4n) is 3.01. The van der Waals surface area contributed by atoms with Gasteiger partial charge in [0.2, 0.25) is 15.9 Å². The van der Waals surface area contributed by atoms with E-state index in [0.717, 1.165) is 11.6 Å². The van der Waals surface area contributed by atoms with Crippen molar-refractivity contribution in [1.29, 1.82) is 0 Å². The molecule has 1 aliphatic rings. The van der Waals surface area contributed by atoms with Crippen LogP contribution in [-0.4, -0.2) is 49.7 Å². The van der Waals surface area contributed by atoms with Gasteiger partial charge in [-0.15, -0.1) is 0 Å². The highest BCUT2D eigenvalue weighted by Crippen LogP contribution is 2.19. The summed E-state index contributed by atoms with van der Waals surface area (Å²) >= 11 is 5.85. The van der Waals surface area contributed by atoms with Gasteiger partial charge in [-0.3, -0.25) is 4.79 Å². The summed E-state index contributed by atoms with van der Waals surface area (Å²) in [6.07, 6.45) is 0.968. The summed E-state index contributed by atoms with van der Waals surface area (Å²) in [5, 5.41) is 0.653. The molecule has 144 valence electrons. The van der Waals surface area contributed by atoms with E-state index in [1.54, 1.807) is 17.0 Å². The van der Waals surface area contributed by atoms with Gasteiger partial charge >= 0.3 is 0 Å². The Kier molecular flexibility index (Phi) is 6.14. The maximum atomic E-state index is 13.3. The fourth-order valence-corrected chi connectivity index (χ4v) is 4.60. The standard InChI is InChI=1S/C19H20ClFN2O3S/c20-16-7-4-15(5-8-16)6-9-19(24)22-10-12-23(13-11-22)27(25,26)18-3-1-2-17(21)14-18/h1-5,7-8,14H,6,9-13H2. The van der Waals surface area contributed by atoms with Crippen LogP contribution in [0.2, 0.25) is 5.02 Å². The average Bonchev–Trinajstić information content (AvgIpc) is 2.67. The molecular formula is C19H20ClFN2O3S. The summed E-state index contributed by atoms with van der Waals surface area (Å²) < 4.78 is 39.8. The molecule has 1 aliphatic heterocycles. The monoisotopic (exact) mass is 410 g/mol. The summed E-state index contributed by atoms with van der Waals surface area (Å²) in [6, 6.07) is 12.3. The SMILES string of the molecule is O=C(CCc1ccc(Cl)cc1)N1CCN(S(=O)(=O)c2cccc(F)c2)CC1. The summed E-state index contributed by atoms with van der Waals surface area (Å²) in [4.78, 5) is 14.0. The minimum atomic E-state index is -3.75. The first-order valence-electron chi connectivity index (χ1n) is 8.64. The average molecular weight is 411 g/mol. The van der Waals surface area contributed by atoms with Crippen LogP contribution in [0.25, 0.3) is 0 Å². The van der Waals surface area contributed by atoms with E-state index in [4.69, 9.17) is 11.6 Å². The molecule has 2 aromatic carbocycles. The molecule has 1 amide bonds. The molecule has 0 aromatic heterocycles. The Morgan fingerprint density at radius 3 is 2.33 bits per heavy atom. The number of carbonyl (C=O) groups is 1. The van der Waals surface area contributed by atoms with Crippen molar-refractivity contribution in [3.63, 3.8) is 0 Å². The number of rotatable bonds is 5. The maximum Gasteiger partial charge on any atom is 0.243 e. The van der Waals surface area contributed by atoms with Crippen LogP contribution in [0.4, 0.5) is 4.39 Å². The third-order valence-electron chi connectivity index (χ3n) is 4.57. The molecule has 1 heterocycles. The van der Waals surface area contributed by atoms with Crippen LogP contribution < -0.4 is 0 Å². The molecule has 5 nitrogen and oxygen atoms in total. The van der Waals surface area contributed by atoms with E-state index >= 15 is 0 Å². The molecular weight excluding hydrogens is 391 g/mol. The van der Waals surface area contributed by atoms with Gasteiger partial charge in [0.05, 0.1) is 4.90 Å². The van der Waals surface area contributed by atoms with E-state index in [1.807, 2.05) is 12.1 Å². The summed E-state index contributed by atoms with van der Waals surface area (Å²) in [5.41, 5.74) is 1.03. The molecule has 3 rings (SSSR count). The summed E-state index contributed by atoms with van der Waals surface area (Å²) in [5.74, 6) is -0.597. The number of piperazine rings is 1. The second-order valence-electron chi connectivity index (χ2n) is 6.37. The molecule has 2 aromatic rings. The predicted molar refractivity (Wildman–Crippen MR) is 102 cm³/mol. The third-order valence-corrected chi connectivity index (χ3v) is 6.71. The van der Waals surface area contributed by atoms with Gasteiger partial charge in [0.25, 0.3) is 0 Å². The number of nitrogens with zero attached hydrogens (tertiary/aromatic N) is 2. The van der Waals surface area contributed by atoms with Crippen LogP contribution in [0, 0.1) is 5.82 Å². The van der Waals surface area contributed by atoms with Crippen LogP contribution in [-0.2, 0) is 21.2 Å². The first-order valence-corrected chi connectivity index (χ1v) is 10.5. The quantitative estimate of drug-likeness (QED) is 0.761. The lowest BCUT2D eigenvalue weighted by Crippen LogP contribution is -2.50. The van der Waals surface area contributed by atoms with Crippen molar-refractivity contribution in [2.24, 2.45) is 0 Å². The Bertz CT molecular complexity index is 911. The van der Waals surface area contributed by atoms with Crippen molar-refractivity contribution >= 4 is 27.5 Å². The first-order chi connectivity index (χ1) is 12.9. The van der Waals surface area contributed by atoms with Crippen LogP contribution in [0.3, 0.4) is 0 Å². The number of aryl methyl sites for hydroxylation is 1. The van der Waals surface area contributed by atoms with Crippen LogP contribution in [0.15, 0.2) is 53.4 Å². The van der Waals surface area contributed by atoms with Crippen LogP contribution in [0.5, 0.6) is 0 Å². The zero-order valence-corrected chi connectivity index (χ0v) is 16.2. The molecule has 27 heavy (non-hydrogen) atoms. The lowest BCUT2D eigenvalue weighted by atomic mass is 10.1. The van der Waals surface area contributed by atoms with Crippen molar-refractivity contribution in [1.82, 2.24) is 9.21 Å². The Labute approximate surface area is 163 Å². The maximum absolute atomic E-state index is 13.3. The molecule has 0 spiro atoms. The number of benzene rings is 2. The van der Waals surface area contributed by atoms with Crippen molar-refractivity contribution < 1.29 is 17.6 Å². The molecule has 0 aliphatic carbocycles. The Morgan fingerprint density at radius 1 is 1.04 bits per heavy atom. The topological polar surface area (TPSA) is 57.7 Å². The van der Waals surface area contributed by atoms with E-state index in [9.17, 15) is 17.6 Å². The zero-order chi connectivity index (χ0) is 19.4. The van der Waals surface area contributed by atoms with Crippen molar-refractivity contribution in [3.8, 4) is 0 Å². The zero-order valence-electron chi connectivity index (χ0n) is 14.6. The number of hydrogen-bond acceptors (Lipinski definition) is 3. The lowest BCUT2D eigenvalue weighted by molar-refractivity contribution is -0.132. The van der Waals surface area contributed by atoms with Gasteiger partial charge in [-0.2, -0.15) is 4.31 Å². The number of halogens is 2.